The first-order valence-corrected chi connectivity index (χ1v) is 4.92. The molecular weight excluding hydrogens is 190 g/mol. The lowest BCUT2D eigenvalue weighted by Crippen LogP contribution is -2.58. The van der Waals surface area contributed by atoms with Crippen molar-refractivity contribution in [1.29, 1.82) is 0 Å². The predicted octanol–water partition coefficient (Wildman–Crippen LogP) is 1.46. The molecule has 1 aromatic rings. The highest BCUT2D eigenvalue weighted by Crippen LogP contribution is 2.18. The molecular formula is C12H13NO2. The van der Waals surface area contributed by atoms with Crippen molar-refractivity contribution in [2.75, 3.05) is 13.1 Å². The van der Waals surface area contributed by atoms with Crippen LogP contribution in [-0.2, 0) is 4.79 Å². The third-order valence-corrected chi connectivity index (χ3v) is 2.34. The van der Waals surface area contributed by atoms with Crippen molar-refractivity contribution >= 4 is 5.91 Å². The monoisotopic (exact) mass is 203 g/mol. The SMILES string of the molecule is C=CCN1CC(Oc2ccccc2)C1=O. The highest BCUT2D eigenvalue weighted by Gasteiger charge is 2.37. The molecule has 0 aliphatic carbocycles. The van der Waals surface area contributed by atoms with E-state index in [2.05, 4.69) is 6.58 Å². The minimum absolute atomic E-state index is 0.0405. The van der Waals surface area contributed by atoms with E-state index in [-0.39, 0.29) is 12.0 Å². The predicted molar refractivity (Wildman–Crippen MR) is 57.6 cm³/mol. The fraction of sp³-hybridized carbons (Fsp3) is 0.250. The van der Waals surface area contributed by atoms with Gasteiger partial charge in [0, 0.05) is 6.54 Å². The summed E-state index contributed by atoms with van der Waals surface area (Å²) in [6, 6.07) is 9.40. The molecule has 1 unspecified atom stereocenters. The zero-order valence-electron chi connectivity index (χ0n) is 8.43. The topological polar surface area (TPSA) is 29.5 Å². The minimum atomic E-state index is -0.313. The van der Waals surface area contributed by atoms with E-state index in [4.69, 9.17) is 4.74 Å². The Hall–Kier alpha value is -1.77. The summed E-state index contributed by atoms with van der Waals surface area (Å²) in [5.74, 6) is 0.785. The van der Waals surface area contributed by atoms with E-state index < -0.39 is 0 Å². The second kappa shape index (κ2) is 4.17. The van der Waals surface area contributed by atoms with Crippen LogP contribution in [0.3, 0.4) is 0 Å². The van der Waals surface area contributed by atoms with E-state index in [1.165, 1.54) is 0 Å². The van der Waals surface area contributed by atoms with E-state index in [9.17, 15) is 4.79 Å². The number of ether oxygens (including phenoxy) is 1. The molecule has 3 nitrogen and oxygen atoms in total. The number of carbonyl (C=O) groups excluding carboxylic acids is 1. The number of para-hydroxylation sites is 1. The summed E-state index contributed by atoms with van der Waals surface area (Å²) >= 11 is 0. The standard InChI is InChI=1S/C12H13NO2/c1-2-8-13-9-11(12(13)14)15-10-6-4-3-5-7-10/h2-7,11H,1,8-9H2. The number of likely N-dealkylation sites (tertiary alicyclic amines) is 1. The Kier molecular flexibility index (Phi) is 2.72. The summed E-state index contributed by atoms with van der Waals surface area (Å²) in [5.41, 5.74) is 0. The van der Waals surface area contributed by atoms with Gasteiger partial charge in [-0.3, -0.25) is 4.79 Å². The number of hydrogen-bond acceptors (Lipinski definition) is 2. The smallest absolute Gasteiger partial charge is 0.265 e. The summed E-state index contributed by atoms with van der Waals surface area (Å²) in [5, 5.41) is 0. The first-order chi connectivity index (χ1) is 7.31. The van der Waals surface area contributed by atoms with Gasteiger partial charge in [0.1, 0.15) is 5.75 Å². The van der Waals surface area contributed by atoms with Crippen LogP contribution in [0.25, 0.3) is 0 Å². The Morgan fingerprint density at radius 1 is 1.47 bits per heavy atom. The molecule has 1 saturated heterocycles. The van der Waals surface area contributed by atoms with Gasteiger partial charge in [-0.25, -0.2) is 0 Å². The third-order valence-electron chi connectivity index (χ3n) is 2.34. The summed E-state index contributed by atoms with van der Waals surface area (Å²) in [7, 11) is 0. The van der Waals surface area contributed by atoms with Crippen LogP contribution in [0.15, 0.2) is 43.0 Å². The van der Waals surface area contributed by atoms with Gasteiger partial charge >= 0.3 is 0 Å². The molecule has 1 atom stereocenters. The maximum atomic E-state index is 11.5. The zero-order valence-corrected chi connectivity index (χ0v) is 8.43. The van der Waals surface area contributed by atoms with Gasteiger partial charge in [0.15, 0.2) is 6.10 Å². The lowest BCUT2D eigenvalue weighted by atomic mass is 10.1. The molecule has 0 N–H and O–H groups in total. The molecule has 15 heavy (non-hydrogen) atoms. The van der Waals surface area contributed by atoms with Crippen molar-refractivity contribution in [3.63, 3.8) is 0 Å². The second-order valence-electron chi connectivity index (χ2n) is 3.45. The van der Waals surface area contributed by atoms with Gasteiger partial charge in [0.2, 0.25) is 0 Å². The molecule has 0 spiro atoms. The van der Waals surface area contributed by atoms with Crippen molar-refractivity contribution in [3.05, 3.63) is 43.0 Å². The summed E-state index contributed by atoms with van der Waals surface area (Å²) in [4.78, 5) is 13.2. The Bertz CT molecular complexity index is 361. The van der Waals surface area contributed by atoms with E-state index in [1.54, 1.807) is 11.0 Å². The quantitative estimate of drug-likeness (QED) is 0.547. The molecule has 1 amide bonds. The van der Waals surface area contributed by atoms with Gasteiger partial charge in [-0.1, -0.05) is 24.3 Å². The van der Waals surface area contributed by atoms with Crippen LogP contribution in [0.5, 0.6) is 5.75 Å². The van der Waals surface area contributed by atoms with Gasteiger partial charge < -0.3 is 9.64 Å². The number of hydrogen-bond donors (Lipinski definition) is 0. The normalized spacial score (nSPS) is 19.6. The molecule has 1 aromatic carbocycles. The van der Waals surface area contributed by atoms with Crippen LogP contribution in [0.1, 0.15) is 0 Å². The Balaban J connectivity index is 1.89. The van der Waals surface area contributed by atoms with Crippen molar-refractivity contribution in [3.8, 4) is 5.75 Å². The summed E-state index contributed by atoms with van der Waals surface area (Å²) in [6.45, 7) is 4.85. The molecule has 78 valence electrons. The zero-order chi connectivity index (χ0) is 10.7. The van der Waals surface area contributed by atoms with Crippen LogP contribution < -0.4 is 4.74 Å². The average molecular weight is 203 g/mol. The molecule has 1 aliphatic rings. The van der Waals surface area contributed by atoms with Gasteiger partial charge in [0.05, 0.1) is 6.54 Å². The molecule has 0 saturated carbocycles. The number of carbonyl (C=O) groups is 1. The van der Waals surface area contributed by atoms with Gasteiger partial charge in [-0.15, -0.1) is 6.58 Å². The van der Waals surface area contributed by atoms with Crippen LogP contribution in [0, 0.1) is 0 Å². The minimum Gasteiger partial charge on any atom is -0.479 e. The molecule has 2 rings (SSSR count). The van der Waals surface area contributed by atoms with E-state index >= 15 is 0 Å². The second-order valence-corrected chi connectivity index (χ2v) is 3.45. The first kappa shape index (κ1) is 9.77. The molecule has 0 bridgehead atoms. The number of rotatable bonds is 4. The van der Waals surface area contributed by atoms with Crippen molar-refractivity contribution < 1.29 is 9.53 Å². The fourth-order valence-corrected chi connectivity index (χ4v) is 1.53. The molecule has 3 heteroatoms. The average Bonchev–Trinajstić information content (AvgIpc) is 2.29. The van der Waals surface area contributed by atoms with Crippen LogP contribution in [0.2, 0.25) is 0 Å². The Morgan fingerprint density at radius 2 is 2.20 bits per heavy atom. The van der Waals surface area contributed by atoms with E-state index in [0.29, 0.717) is 13.1 Å². The number of nitrogens with zero attached hydrogens (tertiary/aromatic N) is 1. The lowest BCUT2D eigenvalue weighted by molar-refractivity contribution is -0.152. The highest BCUT2D eigenvalue weighted by atomic mass is 16.5. The first-order valence-electron chi connectivity index (χ1n) is 4.92. The van der Waals surface area contributed by atoms with Crippen molar-refractivity contribution in [2.24, 2.45) is 0 Å². The Morgan fingerprint density at radius 3 is 2.80 bits per heavy atom. The van der Waals surface area contributed by atoms with Gasteiger partial charge in [-0.05, 0) is 12.1 Å². The summed E-state index contributed by atoms with van der Waals surface area (Å²) < 4.78 is 5.51. The number of benzene rings is 1. The highest BCUT2D eigenvalue weighted by molar-refractivity contribution is 5.87. The number of β-lactam (4-membered cyclic amide) rings is 1. The third kappa shape index (κ3) is 2.01. The van der Waals surface area contributed by atoms with Gasteiger partial charge in [0.25, 0.3) is 5.91 Å². The molecule has 0 aromatic heterocycles. The number of amides is 1. The van der Waals surface area contributed by atoms with E-state index in [1.807, 2.05) is 30.3 Å². The van der Waals surface area contributed by atoms with Crippen LogP contribution in [-0.4, -0.2) is 30.0 Å². The van der Waals surface area contributed by atoms with Crippen molar-refractivity contribution in [2.45, 2.75) is 6.10 Å². The van der Waals surface area contributed by atoms with Crippen LogP contribution >= 0.6 is 0 Å². The Labute approximate surface area is 89.0 Å². The van der Waals surface area contributed by atoms with Crippen molar-refractivity contribution in [1.82, 2.24) is 4.90 Å². The maximum Gasteiger partial charge on any atom is 0.265 e. The van der Waals surface area contributed by atoms with Gasteiger partial charge in [-0.2, -0.15) is 0 Å². The lowest BCUT2D eigenvalue weighted by Gasteiger charge is -2.37. The fourth-order valence-electron chi connectivity index (χ4n) is 1.53. The molecule has 0 radical (unpaired) electrons. The summed E-state index contributed by atoms with van der Waals surface area (Å²) in [6.07, 6.45) is 1.41. The maximum absolute atomic E-state index is 11.5. The molecule has 1 heterocycles. The van der Waals surface area contributed by atoms with E-state index in [0.717, 1.165) is 5.75 Å². The molecule has 1 aliphatic heterocycles. The van der Waals surface area contributed by atoms with Crippen LogP contribution in [0.4, 0.5) is 0 Å². The molecule has 1 fully saturated rings. The largest absolute Gasteiger partial charge is 0.479 e.